The maximum absolute atomic E-state index is 13.3. The van der Waals surface area contributed by atoms with Crippen LogP contribution in [0.25, 0.3) is 22.0 Å². The Balaban J connectivity index is 1.92. The zero-order valence-corrected chi connectivity index (χ0v) is 12.2. The normalized spacial score (nSPS) is 14.9. The van der Waals surface area contributed by atoms with E-state index in [9.17, 15) is 13.2 Å². The van der Waals surface area contributed by atoms with Gasteiger partial charge in [0.1, 0.15) is 0 Å². The molecule has 1 aromatic heterocycles. The average molecular weight is 317 g/mol. The van der Waals surface area contributed by atoms with Crippen LogP contribution in [0.2, 0.25) is 0 Å². The fourth-order valence-corrected chi connectivity index (χ4v) is 3.09. The third-order valence-corrected chi connectivity index (χ3v) is 4.15. The first-order chi connectivity index (χ1) is 11.0. The number of hydrogen-bond donors (Lipinski definition) is 1. The van der Waals surface area contributed by atoms with Gasteiger partial charge in [-0.05, 0) is 16.8 Å². The van der Waals surface area contributed by atoms with Crippen LogP contribution >= 0.6 is 0 Å². The molecule has 2 heterocycles. The van der Waals surface area contributed by atoms with Gasteiger partial charge in [0.15, 0.2) is 0 Å². The van der Waals surface area contributed by atoms with Crippen molar-refractivity contribution in [3.63, 3.8) is 0 Å². The molecule has 0 spiro atoms. The van der Waals surface area contributed by atoms with Gasteiger partial charge in [0, 0.05) is 25.2 Å². The molecule has 3 aromatic rings. The van der Waals surface area contributed by atoms with E-state index in [1.807, 2.05) is 42.5 Å². The molecule has 0 fully saturated rings. The van der Waals surface area contributed by atoms with Crippen LogP contribution in [0.15, 0.2) is 42.5 Å². The molecule has 1 N–H and O–H groups in total. The molecule has 0 saturated heterocycles. The van der Waals surface area contributed by atoms with E-state index >= 15 is 0 Å². The van der Waals surface area contributed by atoms with E-state index in [0.717, 1.165) is 10.8 Å². The first kappa shape index (κ1) is 14.3. The third kappa shape index (κ3) is 2.39. The number of fused-ring (bicyclic) bond motifs is 2. The molecule has 0 unspecified atom stereocenters. The van der Waals surface area contributed by atoms with E-state index in [0.29, 0.717) is 30.0 Å². The predicted octanol–water partition coefficient (Wildman–Crippen LogP) is 3.83. The standard InChI is InChI=1S/C17H14F3N3/c18-17(19,20)16-22-15(14-10-21-7-8-23(14)16)13-6-5-11-3-1-2-4-12(11)9-13/h1-6,9,21H,7-8,10H2. The lowest BCUT2D eigenvalue weighted by Crippen LogP contribution is -2.30. The fourth-order valence-electron chi connectivity index (χ4n) is 3.09. The van der Waals surface area contributed by atoms with Crippen molar-refractivity contribution in [3.05, 3.63) is 54.0 Å². The minimum Gasteiger partial charge on any atom is -0.321 e. The second-order valence-electron chi connectivity index (χ2n) is 5.62. The summed E-state index contributed by atoms with van der Waals surface area (Å²) in [6, 6.07) is 13.4. The number of rotatable bonds is 1. The van der Waals surface area contributed by atoms with Gasteiger partial charge < -0.3 is 9.88 Å². The Morgan fingerprint density at radius 3 is 2.61 bits per heavy atom. The lowest BCUT2D eigenvalue weighted by molar-refractivity contribution is -0.147. The quantitative estimate of drug-likeness (QED) is 0.739. The summed E-state index contributed by atoms with van der Waals surface area (Å²) in [5.74, 6) is -0.808. The van der Waals surface area contributed by atoms with Crippen molar-refractivity contribution in [1.29, 1.82) is 0 Å². The van der Waals surface area contributed by atoms with Gasteiger partial charge in [-0.3, -0.25) is 0 Å². The minimum atomic E-state index is -4.44. The van der Waals surface area contributed by atoms with Crippen molar-refractivity contribution < 1.29 is 13.2 Å². The van der Waals surface area contributed by atoms with Crippen LogP contribution in [0.5, 0.6) is 0 Å². The van der Waals surface area contributed by atoms with E-state index < -0.39 is 12.0 Å². The van der Waals surface area contributed by atoms with Crippen LogP contribution in [0.1, 0.15) is 11.5 Å². The fraction of sp³-hybridized carbons (Fsp3) is 0.235. The van der Waals surface area contributed by atoms with Crippen molar-refractivity contribution in [1.82, 2.24) is 14.9 Å². The van der Waals surface area contributed by atoms with Crippen molar-refractivity contribution in [2.45, 2.75) is 19.3 Å². The molecule has 1 aliphatic rings. The minimum absolute atomic E-state index is 0.282. The summed E-state index contributed by atoms with van der Waals surface area (Å²) < 4.78 is 41.1. The Morgan fingerprint density at radius 2 is 1.83 bits per heavy atom. The molecular weight excluding hydrogens is 303 g/mol. The monoisotopic (exact) mass is 317 g/mol. The maximum Gasteiger partial charge on any atom is 0.449 e. The molecule has 118 valence electrons. The highest BCUT2D eigenvalue weighted by atomic mass is 19.4. The third-order valence-electron chi connectivity index (χ3n) is 4.15. The summed E-state index contributed by atoms with van der Waals surface area (Å²) in [7, 11) is 0. The number of benzene rings is 2. The largest absolute Gasteiger partial charge is 0.449 e. The summed E-state index contributed by atoms with van der Waals surface area (Å²) in [5.41, 5.74) is 1.72. The van der Waals surface area contributed by atoms with Crippen LogP contribution < -0.4 is 5.32 Å². The SMILES string of the molecule is FC(F)(F)c1nc(-c2ccc3ccccc3c2)c2n1CCNC2. The first-order valence-electron chi connectivity index (χ1n) is 7.40. The van der Waals surface area contributed by atoms with Crippen molar-refractivity contribution >= 4 is 10.8 Å². The van der Waals surface area contributed by atoms with Gasteiger partial charge in [-0.15, -0.1) is 0 Å². The predicted molar refractivity (Wildman–Crippen MR) is 81.9 cm³/mol. The van der Waals surface area contributed by atoms with E-state index in [1.165, 1.54) is 4.57 Å². The lowest BCUT2D eigenvalue weighted by atomic mass is 10.0. The molecule has 4 rings (SSSR count). The van der Waals surface area contributed by atoms with Gasteiger partial charge >= 0.3 is 6.18 Å². The van der Waals surface area contributed by atoms with Gasteiger partial charge in [0.25, 0.3) is 0 Å². The van der Waals surface area contributed by atoms with Gasteiger partial charge in [-0.1, -0.05) is 36.4 Å². The summed E-state index contributed by atoms with van der Waals surface area (Å²) >= 11 is 0. The molecule has 6 heteroatoms. The Labute approximate surface area is 130 Å². The van der Waals surface area contributed by atoms with Crippen molar-refractivity contribution in [2.75, 3.05) is 6.54 Å². The zero-order chi connectivity index (χ0) is 16.0. The van der Waals surface area contributed by atoms with Crippen molar-refractivity contribution in [2.24, 2.45) is 0 Å². The highest BCUT2D eigenvalue weighted by molar-refractivity contribution is 5.87. The molecular formula is C17H14F3N3. The van der Waals surface area contributed by atoms with Gasteiger partial charge in [0.2, 0.25) is 5.82 Å². The number of alkyl halides is 3. The number of halogens is 3. The van der Waals surface area contributed by atoms with E-state index in [-0.39, 0.29) is 6.54 Å². The van der Waals surface area contributed by atoms with Crippen LogP contribution in [-0.2, 0) is 19.3 Å². The molecule has 1 aliphatic heterocycles. The first-order valence-corrected chi connectivity index (χ1v) is 7.40. The molecule has 0 amide bonds. The number of nitrogens with one attached hydrogen (secondary N) is 1. The van der Waals surface area contributed by atoms with Crippen LogP contribution in [0.4, 0.5) is 13.2 Å². The number of imidazole rings is 1. The van der Waals surface area contributed by atoms with Gasteiger partial charge in [-0.25, -0.2) is 4.98 Å². The van der Waals surface area contributed by atoms with Crippen molar-refractivity contribution in [3.8, 4) is 11.3 Å². The Morgan fingerprint density at radius 1 is 1.04 bits per heavy atom. The molecule has 0 radical (unpaired) electrons. The second-order valence-corrected chi connectivity index (χ2v) is 5.62. The second kappa shape index (κ2) is 5.09. The molecule has 23 heavy (non-hydrogen) atoms. The number of hydrogen-bond acceptors (Lipinski definition) is 2. The number of aromatic nitrogens is 2. The highest BCUT2D eigenvalue weighted by Crippen LogP contribution is 2.35. The van der Waals surface area contributed by atoms with Crippen LogP contribution in [-0.4, -0.2) is 16.1 Å². The molecule has 3 nitrogen and oxygen atoms in total. The average Bonchev–Trinajstić information content (AvgIpc) is 2.94. The van der Waals surface area contributed by atoms with Gasteiger partial charge in [-0.2, -0.15) is 13.2 Å². The summed E-state index contributed by atoms with van der Waals surface area (Å²) in [4.78, 5) is 3.94. The summed E-state index contributed by atoms with van der Waals surface area (Å²) in [6.45, 7) is 1.19. The van der Waals surface area contributed by atoms with Gasteiger partial charge in [0.05, 0.1) is 11.4 Å². The lowest BCUT2D eigenvalue weighted by Gasteiger charge is -2.19. The maximum atomic E-state index is 13.3. The molecule has 0 atom stereocenters. The van der Waals surface area contributed by atoms with E-state index in [4.69, 9.17) is 0 Å². The topological polar surface area (TPSA) is 29.9 Å². The van der Waals surface area contributed by atoms with E-state index in [2.05, 4.69) is 10.3 Å². The summed E-state index contributed by atoms with van der Waals surface area (Å²) in [5, 5.41) is 5.17. The zero-order valence-electron chi connectivity index (χ0n) is 12.2. The summed E-state index contributed by atoms with van der Waals surface area (Å²) in [6.07, 6.45) is -4.44. The number of nitrogens with zero attached hydrogens (tertiary/aromatic N) is 2. The molecule has 0 aliphatic carbocycles. The molecule has 0 bridgehead atoms. The van der Waals surface area contributed by atoms with Crippen LogP contribution in [0, 0.1) is 0 Å². The Kier molecular flexibility index (Phi) is 3.16. The smallest absolute Gasteiger partial charge is 0.321 e. The van der Waals surface area contributed by atoms with E-state index in [1.54, 1.807) is 0 Å². The Bertz CT molecular complexity index is 880. The highest BCUT2D eigenvalue weighted by Gasteiger charge is 2.39. The molecule has 2 aromatic carbocycles. The van der Waals surface area contributed by atoms with Crippen LogP contribution in [0.3, 0.4) is 0 Å². The Hall–Kier alpha value is -2.34. The molecule has 0 saturated carbocycles.